The molecule has 0 aliphatic carbocycles. The maximum atomic E-state index is 13.0. The Morgan fingerprint density at radius 2 is 1.72 bits per heavy atom. The van der Waals surface area contributed by atoms with Crippen LogP contribution in [0.25, 0.3) is 21.9 Å². The lowest BCUT2D eigenvalue weighted by Crippen LogP contribution is -2.28. The van der Waals surface area contributed by atoms with Crippen LogP contribution in [0.4, 0.5) is 0 Å². The molecule has 29 heavy (non-hydrogen) atoms. The lowest BCUT2D eigenvalue weighted by atomic mass is 10.00. The highest BCUT2D eigenvalue weighted by Crippen LogP contribution is 2.36. The number of rotatable bonds is 5. The number of benzene rings is 2. The summed E-state index contributed by atoms with van der Waals surface area (Å²) in [7, 11) is 0. The highest BCUT2D eigenvalue weighted by Gasteiger charge is 2.25. The Kier molecular flexibility index (Phi) is 5.46. The van der Waals surface area contributed by atoms with E-state index in [1.54, 1.807) is 12.1 Å². The molecule has 7 heteroatoms. The number of furan rings is 1. The molecule has 1 N–H and O–H groups in total. The number of pyridine rings is 1. The van der Waals surface area contributed by atoms with Crippen LogP contribution in [0.1, 0.15) is 35.9 Å². The molecule has 1 unspecified atom stereocenters. The van der Waals surface area contributed by atoms with Gasteiger partial charge in [0.05, 0.1) is 15.6 Å². The highest BCUT2D eigenvalue weighted by molar-refractivity contribution is 6.35. The molecule has 0 spiro atoms. The maximum Gasteiger partial charge on any atom is 0.275 e. The highest BCUT2D eigenvalue weighted by atomic mass is 35.5. The molecule has 0 fully saturated rings. The molecule has 2 aromatic heterocycles. The summed E-state index contributed by atoms with van der Waals surface area (Å²) >= 11 is 12.6. The predicted octanol–water partition coefficient (Wildman–Crippen LogP) is 6.35. The largest absolute Gasteiger partial charge is 0.456 e. The summed E-state index contributed by atoms with van der Waals surface area (Å²) in [6.45, 7) is 3.91. The number of amides is 1. The third-order valence-corrected chi connectivity index (χ3v) is 5.31. The van der Waals surface area contributed by atoms with Gasteiger partial charge in [-0.2, -0.15) is 0 Å². The molecule has 0 aliphatic rings. The number of aromatic nitrogens is 1. The van der Waals surface area contributed by atoms with Gasteiger partial charge in [-0.25, -0.2) is 5.48 Å². The van der Waals surface area contributed by atoms with Crippen LogP contribution in [0.2, 0.25) is 10.0 Å². The number of fused-ring (bicyclic) bond motifs is 3. The number of carbonyl (C=O) groups is 1. The Hall–Kier alpha value is -2.60. The monoisotopic (exact) mass is 428 g/mol. The zero-order valence-corrected chi connectivity index (χ0v) is 17.3. The van der Waals surface area contributed by atoms with Crippen molar-refractivity contribution in [2.24, 2.45) is 5.92 Å². The van der Waals surface area contributed by atoms with E-state index in [9.17, 15) is 4.79 Å². The first-order chi connectivity index (χ1) is 14.0. The summed E-state index contributed by atoms with van der Waals surface area (Å²) in [6.07, 6.45) is 2.46. The van der Waals surface area contributed by atoms with E-state index in [0.29, 0.717) is 26.8 Å². The zero-order valence-electron chi connectivity index (χ0n) is 15.8. The van der Waals surface area contributed by atoms with Gasteiger partial charge in [0.25, 0.3) is 5.91 Å². The molecule has 1 atom stereocenters. The minimum absolute atomic E-state index is 0.00162. The van der Waals surface area contributed by atoms with Crippen molar-refractivity contribution in [2.75, 3.05) is 0 Å². The van der Waals surface area contributed by atoms with Crippen molar-refractivity contribution < 1.29 is 14.0 Å². The summed E-state index contributed by atoms with van der Waals surface area (Å²) < 4.78 is 5.85. The first-order valence-corrected chi connectivity index (χ1v) is 9.88. The normalized spacial score (nSPS) is 12.6. The number of hydroxylamine groups is 1. The van der Waals surface area contributed by atoms with Crippen molar-refractivity contribution in [3.05, 3.63) is 76.0 Å². The van der Waals surface area contributed by atoms with E-state index in [4.69, 9.17) is 32.5 Å². The van der Waals surface area contributed by atoms with Crippen LogP contribution in [0, 0.1) is 5.92 Å². The average Bonchev–Trinajstić information content (AvgIpc) is 3.08. The molecule has 2 heterocycles. The fourth-order valence-electron chi connectivity index (χ4n) is 3.36. The molecule has 0 saturated heterocycles. The molecule has 5 nitrogen and oxygen atoms in total. The third kappa shape index (κ3) is 3.69. The third-order valence-electron chi connectivity index (χ3n) is 4.71. The van der Waals surface area contributed by atoms with Crippen LogP contribution in [-0.4, -0.2) is 10.9 Å². The molecule has 1 amide bonds. The first-order valence-electron chi connectivity index (χ1n) is 9.12. The Bertz CT molecular complexity index is 1180. The van der Waals surface area contributed by atoms with E-state index in [0.717, 1.165) is 16.4 Å². The number of hydrogen-bond donors (Lipinski definition) is 1. The standard InChI is InChI=1S/C22H18Cl2N2O3/c1-12(2)21(20-15(23)10-25-11-16(20)24)29-26-22(27)14-7-5-9-18-19(14)13-6-3-4-8-17(13)28-18/h3-12,21H,1-2H3,(H,26,27). The van der Waals surface area contributed by atoms with E-state index in [-0.39, 0.29) is 11.8 Å². The van der Waals surface area contributed by atoms with Crippen molar-refractivity contribution in [2.45, 2.75) is 20.0 Å². The van der Waals surface area contributed by atoms with Gasteiger partial charge < -0.3 is 4.42 Å². The van der Waals surface area contributed by atoms with Gasteiger partial charge in [0, 0.05) is 28.7 Å². The molecule has 0 radical (unpaired) electrons. The minimum atomic E-state index is -0.540. The summed E-state index contributed by atoms with van der Waals surface area (Å²) in [5.41, 5.74) is 4.97. The minimum Gasteiger partial charge on any atom is -0.456 e. The smallest absolute Gasteiger partial charge is 0.275 e. The van der Waals surface area contributed by atoms with E-state index >= 15 is 0 Å². The molecule has 4 aromatic rings. The molecule has 0 saturated carbocycles. The van der Waals surface area contributed by atoms with Gasteiger partial charge in [-0.1, -0.05) is 61.3 Å². The number of halogens is 2. The van der Waals surface area contributed by atoms with Gasteiger partial charge in [0.2, 0.25) is 0 Å². The van der Waals surface area contributed by atoms with Crippen molar-refractivity contribution in [3.63, 3.8) is 0 Å². The number of nitrogens with zero attached hydrogens (tertiary/aromatic N) is 1. The second kappa shape index (κ2) is 8.03. The molecule has 4 rings (SSSR count). The van der Waals surface area contributed by atoms with Crippen molar-refractivity contribution >= 4 is 51.0 Å². The van der Waals surface area contributed by atoms with Gasteiger partial charge in [-0.15, -0.1) is 0 Å². The Morgan fingerprint density at radius 1 is 1.03 bits per heavy atom. The van der Waals surface area contributed by atoms with Crippen molar-refractivity contribution in [1.82, 2.24) is 10.5 Å². The number of nitrogens with one attached hydrogen (secondary N) is 1. The maximum absolute atomic E-state index is 13.0. The van der Waals surface area contributed by atoms with Crippen LogP contribution in [0.3, 0.4) is 0 Å². The van der Waals surface area contributed by atoms with E-state index < -0.39 is 6.10 Å². The van der Waals surface area contributed by atoms with Crippen LogP contribution in [-0.2, 0) is 4.84 Å². The lowest BCUT2D eigenvalue weighted by molar-refractivity contribution is -0.0384. The summed E-state index contributed by atoms with van der Waals surface area (Å²) in [4.78, 5) is 22.7. The van der Waals surface area contributed by atoms with Crippen LogP contribution in [0.5, 0.6) is 0 Å². The van der Waals surface area contributed by atoms with Gasteiger partial charge in [0.15, 0.2) is 0 Å². The van der Waals surface area contributed by atoms with Gasteiger partial charge >= 0.3 is 0 Å². The average molecular weight is 429 g/mol. The van der Waals surface area contributed by atoms with E-state index in [1.807, 2.05) is 44.2 Å². The zero-order chi connectivity index (χ0) is 20.5. The van der Waals surface area contributed by atoms with Gasteiger partial charge in [-0.05, 0) is 24.1 Å². The number of carbonyl (C=O) groups excluding carboxylic acids is 1. The van der Waals surface area contributed by atoms with Gasteiger partial charge in [0.1, 0.15) is 17.3 Å². The molecular formula is C22H18Cl2N2O3. The number of para-hydroxylation sites is 1. The second-order valence-corrected chi connectivity index (χ2v) is 7.82. The Balaban J connectivity index is 1.66. The van der Waals surface area contributed by atoms with Crippen molar-refractivity contribution in [1.29, 1.82) is 0 Å². The summed E-state index contributed by atoms with van der Waals surface area (Å²) in [5.74, 6) is -0.382. The SMILES string of the molecule is CC(C)C(ONC(=O)c1cccc2oc3ccccc3c12)c1c(Cl)cncc1Cl. The number of hydrogen-bond acceptors (Lipinski definition) is 4. The Morgan fingerprint density at radius 3 is 2.45 bits per heavy atom. The van der Waals surface area contributed by atoms with E-state index in [1.165, 1.54) is 12.4 Å². The summed E-state index contributed by atoms with van der Waals surface area (Å²) in [5, 5.41) is 2.38. The molecule has 0 bridgehead atoms. The lowest BCUT2D eigenvalue weighted by Gasteiger charge is -2.23. The fourth-order valence-corrected chi connectivity index (χ4v) is 3.94. The molecule has 2 aromatic carbocycles. The Labute approximate surface area is 177 Å². The van der Waals surface area contributed by atoms with Gasteiger partial charge in [-0.3, -0.25) is 14.6 Å². The topological polar surface area (TPSA) is 64.4 Å². The van der Waals surface area contributed by atoms with Crippen LogP contribution >= 0.6 is 23.2 Å². The second-order valence-electron chi connectivity index (χ2n) is 7.01. The summed E-state index contributed by atoms with van der Waals surface area (Å²) in [6, 6.07) is 12.9. The first kappa shape index (κ1) is 19.7. The fraction of sp³-hybridized carbons (Fsp3) is 0.182. The molecule has 0 aliphatic heterocycles. The quantitative estimate of drug-likeness (QED) is 0.376. The van der Waals surface area contributed by atoms with Crippen LogP contribution in [0.15, 0.2) is 59.3 Å². The molecule has 148 valence electrons. The molecular weight excluding hydrogens is 411 g/mol. The van der Waals surface area contributed by atoms with Crippen LogP contribution < -0.4 is 5.48 Å². The predicted molar refractivity (Wildman–Crippen MR) is 114 cm³/mol. The van der Waals surface area contributed by atoms with E-state index in [2.05, 4.69) is 10.5 Å². The van der Waals surface area contributed by atoms with Crippen molar-refractivity contribution in [3.8, 4) is 0 Å².